The number of aliphatic hydroxyl groups is 1. The maximum absolute atomic E-state index is 11.0. The molecule has 0 aromatic heterocycles. The molecule has 1 saturated heterocycles. The molecule has 0 amide bonds. The summed E-state index contributed by atoms with van der Waals surface area (Å²) in [5.41, 5.74) is 0. The number of hydrogen-bond donors (Lipinski definition) is 1. The van der Waals surface area contributed by atoms with E-state index in [0.29, 0.717) is 18.6 Å². The predicted octanol–water partition coefficient (Wildman–Crippen LogP) is 4.38. The topological polar surface area (TPSA) is 59.1 Å². The van der Waals surface area contributed by atoms with Crippen LogP contribution >= 0.6 is 0 Å². The number of epoxide rings is 1. The van der Waals surface area contributed by atoms with Gasteiger partial charge in [-0.25, -0.2) is 0 Å². The number of aliphatic hydroxyl groups excluding tert-OH is 1. The van der Waals surface area contributed by atoms with Gasteiger partial charge in [0.05, 0.1) is 25.4 Å². The maximum Gasteiger partial charge on any atom is 0.305 e. The molecule has 3 atom stereocenters. The van der Waals surface area contributed by atoms with E-state index in [4.69, 9.17) is 4.74 Å². The molecular weight excluding hydrogens is 292 g/mol. The lowest BCUT2D eigenvalue weighted by Gasteiger charge is -2.08. The largest absolute Gasteiger partial charge is 0.469 e. The number of carbonyl (C=O) groups excluding carboxylic acids is 1. The number of hydrogen-bond acceptors (Lipinski definition) is 4. The van der Waals surface area contributed by atoms with Crippen molar-refractivity contribution in [2.24, 2.45) is 0 Å². The zero-order chi connectivity index (χ0) is 16.9. The van der Waals surface area contributed by atoms with Gasteiger partial charge in [0.1, 0.15) is 0 Å². The lowest BCUT2D eigenvalue weighted by Crippen LogP contribution is -2.11. The monoisotopic (exact) mass is 328 g/mol. The normalized spacial score (nSPS) is 21.2. The van der Waals surface area contributed by atoms with Crippen molar-refractivity contribution in [3.05, 3.63) is 0 Å². The van der Waals surface area contributed by atoms with Crippen molar-refractivity contribution in [2.75, 3.05) is 7.11 Å². The first-order valence-corrected chi connectivity index (χ1v) is 9.57. The summed E-state index contributed by atoms with van der Waals surface area (Å²) in [4.78, 5) is 11.0. The van der Waals surface area contributed by atoms with Crippen LogP contribution in [0.3, 0.4) is 0 Å². The molecular formula is C19H36O4. The Bertz CT molecular complexity index is 306. The summed E-state index contributed by atoms with van der Waals surface area (Å²) >= 11 is 0. The summed E-state index contributed by atoms with van der Waals surface area (Å²) in [6, 6.07) is 0. The molecule has 1 fully saturated rings. The molecule has 1 aliphatic rings. The van der Waals surface area contributed by atoms with Crippen molar-refractivity contribution in [3.63, 3.8) is 0 Å². The van der Waals surface area contributed by atoms with Crippen LogP contribution in [0.25, 0.3) is 0 Å². The van der Waals surface area contributed by atoms with Crippen molar-refractivity contribution in [2.45, 2.75) is 109 Å². The summed E-state index contributed by atoms with van der Waals surface area (Å²) in [5.74, 6) is -0.104. The Hall–Kier alpha value is -0.610. The van der Waals surface area contributed by atoms with Gasteiger partial charge >= 0.3 is 5.97 Å². The first-order chi connectivity index (χ1) is 11.2. The molecule has 0 aliphatic carbocycles. The van der Waals surface area contributed by atoms with E-state index in [1.54, 1.807) is 0 Å². The average molecular weight is 328 g/mol. The van der Waals surface area contributed by atoms with E-state index in [2.05, 4.69) is 11.7 Å². The van der Waals surface area contributed by atoms with Crippen LogP contribution in [-0.4, -0.2) is 36.5 Å². The number of carbonyl (C=O) groups is 1. The fourth-order valence-electron chi connectivity index (χ4n) is 3.08. The van der Waals surface area contributed by atoms with Crippen molar-refractivity contribution in [1.82, 2.24) is 0 Å². The molecule has 0 radical (unpaired) electrons. The van der Waals surface area contributed by atoms with Crippen molar-refractivity contribution < 1.29 is 19.4 Å². The molecule has 1 rings (SSSR count). The van der Waals surface area contributed by atoms with Crippen molar-refractivity contribution in [1.29, 1.82) is 0 Å². The minimum absolute atomic E-state index is 0.104. The average Bonchev–Trinajstić information content (AvgIpc) is 3.28. The molecule has 1 heterocycles. The highest BCUT2D eigenvalue weighted by molar-refractivity contribution is 5.68. The Morgan fingerprint density at radius 3 is 2.48 bits per heavy atom. The van der Waals surface area contributed by atoms with Gasteiger partial charge in [0.15, 0.2) is 0 Å². The third-order valence-corrected chi connectivity index (χ3v) is 4.68. The van der Waals surface area contributed by atoms with Crippen LogP contribution in [-0.2, 0) is 14.3 Å². The fourth-order valence-corrected chi connectivity index (χ4v) is 3.08. The number of ether oxygens (including phenoxy) is 2. The molecule has 0 spiro atoms. The third-order valence-electron chi connectivity index (χ3n) is 4.68. The summed E-state index contributed by atoms with van der Waals surface area (Å²) < 4.78 is 10.3. The smallest absolute Gasteiger partial charge is 0.305 e. The molecule has 0 bridgehead atoms. The molecule has 1 N–H and O–H groups in total. The van der Waals surface area contributed by atoms with Crippen LogP contribution in [0.4, 0.5) is 0 Å². The molecule has 1 aliphatic heterocycles. The molecule has 23 heavy (non-hydrogen) atoms. The summed E-state index contributed by atoms with van der Waals surface area (Å²) in [5, 5.41) is 9.99. The van der Waals surface area contributed by atoms with E-state index in [0.717, 1.165) is 38.5 Å². The second-order valence-corrected chi connectivity index (χ2v) is 6.83. The summed E-state index contributed by atoms with van der Waals surface area (Å²) in [6.45, 7) is 2.21. The molecule has 0 aromatic rings. The first-order valence-electron chi connectivity index (χ1n) is 9.57. The van der Waals surface area contributed by atoms with E-state index in [1.807, 2.05) is 0 Å². The standard InChI is InChI=1S/C19H36O4/c1-3-4-5-9-12-16(20)15-18-17(23-18)13-10-7-6-8-11-14-19(21)22-2/h16-18,20H,3-15H2,1-2H3/t16-,17-,18-/m0/s1. The predicted molar refractivity (Wildman–Crippen MR) is 92.4 cm³/mol. The van der Waals surface area contributed by atoms with E-state index >= 15 is 0 Å². The van der Waals surface area contributed by atoms with E-state index < -0.39 is 0 Å². The van der Waals surface area contributed by atoms with Gasteiger partial charge in [-0.1, -0.05) is 58.3 Å². The molecule has 0 saturated carbocycles. The Morgan fingerprint density at radius 2 is 1.74 bits per heavy atom. The minimum Gasteiger partial charge on any atom is -0.469 e. The van der Waals surface area contributed by atoms with Crippen molar-refractivity contribution in [3.8, 4) is 0 Å². The zero-order valence-corrected chi connectivity index (χ0v) is 15.1. The van der Waals surface area contributed by atoms with Gasteiger partial charge in [-0.2, -0.15) is 0 Å². The van der Waals surface area contributed by atoms with Crippen LogP contribution in [0, 0.1) is 0 Å². The fraction of sp³-hybridized carbons (Fsp3) is 0.947. The summed E-state index contributed by atoms with van der Waals surface area (Å²) in [6.07, 6.45) is 14.4. The quantitative estimate of drug-likeness (QED) is 0.275. The molecule has 4 nitrogen and oxygen atoms in total. The van der Waals surface area contributed by atoms with Gasteiger partial charge in [0, 0.05) is 12.8 Å². The lowest BCUT2D eigenvalue weighted by atomic mass is 10.0. The molecule has 0 unspecified atom stereocenters. The van der Waals surface area contributed by atoms with Gasteiger partial charge < -0.3 is 14.6 Å². The Kier molecular flexibility index (Phi) is 11.3. The summed E-state index contributed by atoms with van der Waals surface area (Å²) in [7, 11) is 1.44. The van der Waals surface area contributed by atoms with Crippen molar-refractivity contribution >= 4 is 5.97 Å². The van der Waals surface area contributed by atoms with E-state index in [-0.39, 0.29) is 12.1 Å². The second-order valence-electron chi connectivity index (χ2n) is 6.83. The Balaban J connectivity index is 1.86. The highest BCUT2D eigenvalue weighted by atomic mass is 16.6. The van der Waals surface area contributed by atoms with Gasteiger partial charge in [0.2, 0.25) is 0 Å². The van der Waals surface area contributed by atoms with Crippen LogP contribution in [0.15, 0.2) is 0 Å². The van der Waals surface area contributed by atoms with E-state index in [9.17, 15) is 9.90 Å². The Morgan fingerprint density at radius 1 is 1.04 bits per heavy atom. The highest BCUT2D eigenvalue weighted by Crippen LogP contribution is 2.32. The highest BCUT2D eigenvalue weighted by Gasteiger charge is 2.38. The van der Waals surface area contributed by atoms with E-state index in [1.165, 1.54) is 45.6 Å². The molecule has 0 aromatic carbocycles. The maximum atomic E-state index is 11.0. The zero-order valence-electron chi connectivity index (χ0n) is 15.1. The second kappa shape index (κ2) is 12.8. The van der Waals surface area contributed by atoms with Gasteiger partial charge in [-0.05, 0) is 19.3 Å². The lowest BCUT2D eigenvalue weighted by molar-refractivity contribution is -0.140. The van der Waals surface area contributed by atoms with Crippen LogP contribution in [0.5, 0.6) is 0 Å². The minimum atomic E-state index is -0.180. The third kappa shape index (κ3) is 10.7. The van der Waals surface area contributed by atoms with Gasteiger partial charge in [0.25, 0.3) is 0 Å². The number of methoxy groups -OCH3 is 1. The van der Waals surface area contributed by atoms with Gasteiger partial charge in [-0.3, -0.25) is 4.79 Å². The van der Waals surface area contributed by atoms with Gasteiger partial charge in [-0.15, -0.1) is 0 Å². The Labute approximate surface area is 141 Å². The van der Waals surface area contributed by atoms with Crippen LogP contribution < -0.4 is 0 Å². The van der Waals surface area contributed by atoms with Crippen LogP contribution in [0.2, 0.25) is 0 Å². The first kappa shape index (κ1) is 20.4. The SMILES string of the molecule is CCCCCC[C@H](O)C[C@@H]1O[C@H]1CCCCCCCC(=O)OC. The number of esters is 1. The van der Waals surface area contributed by atoms with Crippen LogP contribution in [0.1, 0.15) is 90.4 Å². The molecule has 4 heteroatoms. The number of rotatable bonds is 15. The molecule has 136 valence electrons. The number of unbranched alkanes of at least 4 members (excludes halogenated alkanes) is 7.